The van der Waals surface area contributed by atoms with Crippen LogP contribution in [0.1, 0.15) is 44.9 Å². The lowest BCUT2D eigenvalue weighted by molar-refractivity contribution is -0.915. The van der Waals surface area contributed by atoms with E-state index in [1.54, 1.807) is 6.07 Å². The zero-order valence-electron chi connectivity index (χ0n) is 16.7. The monoisotopic (exact) mass is 411 g/mol. The van der Waals surface area contributed by atoms with Crippen molar-refractivity contribution in [1.82, 2.24) is 4.31 Å². The highest BCUT2D eigenvalue weighted by Crippen LogP contribution is 2.32. The minimum absolute atomic E-state index is 0.00253. The lowest BCUT2D eigenvalue weighted by Crippen LogP contribution is -3.16. The van der Waals surface area contributed by atoms with E-state index in [0.29, 0.717) is 25.3 Å². The molecule has 1 saturated heterocycles. The van der Waals surface area contributed by atoms with Gasteiger partial charge in [0.2, 0.25) is 10.0 Å². The summed E-state index contributed by atoms with van der Waals surface area (Å²) >= 11 is 0. The molecule has 1 aromatic rings. The summed E-state index contributed by atoms with van der Waals surface area (Å²) in [5, 5.41) is 14.9. The summed E-state index contributed by atoms with van der Waals surface area (Å²) in [7, 11) is 0.589. The summed E-state index contributed by atoms with van der Waals surface area (Å²) in [6.45, 7) is 1.59. The van der Waals surface area contributed by atoms with Crippen LogP contribution in [0.15, 0.2) is 23.1 Å². The number of nitro benzene ring substituents is 1. The van der Waals surface area contributed by atoms with Crippen LogP contribution in [0.5, 0.6) is 0 Å². The van der Waals surface area contributed by atoms with Crippen molar-refractivity contribution in [1.29, 1.82) is 0 Å². The average Bonchev–Trinajstić information content (AvgIpc) is 3.22. The van der Waals surface area contributed by atoms with E-state index >= 15 is 0 Å². The fourth-order valence-corrected chi connectivity index (χ4v) is 5.93. The van der Waals surface area contributed by atoms with E-state index in [0.717, 1.165) is 25.7 Å². The quantitative estimate of drug-likeness (QED) is 0.525. The second kappa shape index (κ2) is 8.34. The molecular formula is C19H31N4O4S+. The van der Waals surface area contributed by atoms with Crippen molar-refractivity contribution < 1.29 is 18.2 Å². The normalized spacial score (nSPS) is 20.4. The number of hydrogen-bond donors (Lipinski definition) is 2. The van der Waals surface area contributed by atoms with Crippen LogP contribution in [-0.2, 0) is 10.0 Å². The number of nitrogens with zero attached hydrogens (tertiary/aromatic N) is 2. The highest BCUT2D eigenvalue weighted by Gasteiger charge is 2.38. The van der Waals surface area contributed by atoms with Crippen molar-refractivity contribution in [3.8, 4) is 0 Å². The molecule has 0 aromatic heterocycles. The average molecular weight is 412 g/mol. The van der Waals surface area contributed by atoms with Crippen LogP contribution in [0.4, 0.5) is 11.4 Å². The molecular weight excluding hydrogens is 380 g/mol. The first-order valence-electron chi connectivity index (χ1n) is 10.1. The molecule has 2 N–H and O–H groups in total. The van der Waals surface area contributed by atoms with Gasteiger partial charge < -0.3 is 10.2 Å². The first-order valence-corrected chi connectivity index (χ1v) is 11.5. The van der Waals surface area contributed by atoms with Crippen LogP contribution in [-0.4, -0.2) is 56.9 Å². The maximum atomic E-state index is 12.7. The molecule has 0 bridgehead atoms. The highest BCUT2D eigenvalue weighted by atomic mass is 32.2. The van der Waals surface area contributed by atoms with Crippen molar-refractivity contribution in [3.05, 3.63) is 28.3 Å². The molecule has 0 spiro atoms. The SMILES string of the molecule is C[NH+](C)C1(CNc2ccc(S(=O)(=O)N3CCCC3)cc2[N+](=O)[O-])CCCCC1. The molecule has 8 nitrogen and oxygen atoms in total. The van der Waals surface area contributed by atoms with Crippen LogP contribution in [0.2, 0.25) is 0 Å². The van der Waals surface area contributed by atoms with E-state index in [-0.39, 0.29) is 16.1 Å². The van der Waals surface area contributed by atoms with Crippen LogP contribution in [0, 0.1) is 10.1 Å². The minimum Gasteiger partial charge on any atom is -0.373 e. The van der Waals surface area contributed by atoms with E-state index in [4.69, 9.17) is 0 Å². The topological polar surface area (TPSA) is 97.0 Å². The maximum Gasteiger partial charge on any atom is 0.293 e. The molecule has 0 unspecified atom stereocenters. The third kappa shape index (κ3) is 4.16. The zero-order valence-corrected chi connectivity index (χ0v) is 17.6. The van der Waals surface area contributed by atoms with Gasteiger partial charge in [0.15, 0.2) is 0 Å². The van der Waals surface area contributed by atoms with Crippen LogP contribution in [0.3, 0.4) is 0 Å². The van der Waals surface area contributed by atoms with E-state index in [9.17, 15) is 18.5 Å². The molecule has 0 atom stereocenters. The van der Waals surface area contributed by atoms with Crippen molar-refractivity contribution in [2.75, 3.05) is 39.0 Å². The van der Waals surface area contributed by atoms with Gasteiger partial charge in [-0.3, -0.25) is 10.1 Å². The Morgan fingerprint density at radius 3 is 2.36 bits per heavy atom. The predicted molar refractivity (Wildman–Crippen MR) is 108 cm³/mol. The Hall–Kier alpha value is -1.71. The first kappa shape index (κ1) is 21.0. The minimum atomic E-state index is -3.68. The third-order valence-electron chi connectivity index (χ3n) is 6.36. The number of hydrogen-bond acceptors (Lipinski definition) is 5. The van der Waals surface area contributed by atoms with Crippen LogP contribution >= 0.6 is 0 Å². The van der Waals surface area contributed by atoms with Gasteiger partial charge in [0.05, 0.1) is 30.5 Å². The zero-order chi connectivity index (χ0) is 20.4. The Balaban J connectivity index is 1.84. The van der Waals surface area contributed by atoms with Gasteiger partial charge in [-0.25, -0.2) is 8.42 Å². The van der Waals surface area contributed by atoms with E-state index in [2.05, 4.69) is 19.4 Å². The largest absolute Gasteiger partial charge is 0.373 e. The molecule has 1 aliphatic heterocycles. The molecule has 1 aromatic carbocycles. The van der Waals surface area contributed by atoms with Crippen LogP contribution in [0.25, 0.3) is 0 Å². The lowest BCUT2D eigenvalue weighted by atomic mass is 9.80. The Bertz CT molecular complexity index is 813. The molecule has 2 aliphatic rings. The molecule has 1 aliphatic carbocycles. The Labute approximate surface area is 167 Å². The van der Waals surface area contributed by atoms with Gasteiger partial charge >= 0.3 is 0 Å². The van der Waals surface area contributed by atoms with Gasteiger partial charge in [-0.2, -0.15) is 4.31 Å². The van der Waals surface area contributed by atoms with Crippen molar-refractivity contribution in [2.45, 2.75) is 55.4 Å². The Morgan fingerprint density at radius 1 is 1.14 bits per heavy atom. The molecule has 0 radical (unpaired) electrons. The summed E-state index contributed by atoms with van der Waals surface area (Å²) in [5.74, 6) is 0. The van der Waals surface area contributed by atoms with E-state index in [1.807, 2.05) is 0 Å². The first-order chi connectivity index (χ1) is 13.3. The number of anilines is 1. The molecule has 2 fully saturated rings. The fourth-order valence-electron chi connectivity index (χ4n) is 4.40. The summed E-state index contributed by atoms with van der Waals surface area (Å²) < 4.78 is 26.9. The smallest absolute Gasteiger partial charge is 0.293 e. The molecule has 156 valence electrons. The van der Waals surface area contributed by atoms with Gasteiger partial charge in [0.1, 0.15) is 11.2 Å². The number of nitrogens with one attached hydrogen (secondary N) is 2. The molecule has 3 rings (SSSR count). The van der Waals surface area contributed by atoms with Crippen molar-refractivity contribution >= 4 is 21.4 Å². The summed E-state index contributed by atoms with van der Waals surface area (Å²) in [6, 6.07) is 4.23. The lowest BCUT2D eigenvalue weighted by Gasteiger charge is -2.40. The van der Waals surface area contributed by atoms with E-state index in [1.165, 1.54) is 40.6 Å². The molecule has 1 saturated carbocycles. The number of sulfonamides is 1. The fraction of sp³-hybridized carbons (Fsp3) is 0.684. The number of rotatable bonds is 7. The van der Waals surface area contributed by atoms with Crippen LogP contribution < -0.4 is 10.2 Å². The standard InChI is InChI=1S/C19H30N4O4S/c1-21(2)19(10-4-3-5-11-19)15-20-17-9-8-16(14-18(17)23(24)25)28(26,27)22-12-6-7-13-22/h8-9,14,20H,3-7,10-13,15H2,1-2H3/p+1. The molecule has 28 heavy (non-hydrogen) atoms. The Kier molecular flexibility index (Phi) is 6.26. The number of benzene rings is 1. The highest BCUT2D eigenvalue weighted by molar-refractivity contribution is 7.89. The number of quaternary nitrogens is 1. The number of likely N-dealkylation sites (N-methyl/N-ethyl adjacent to an activating group) is 1. The number of nitro groups is 1. The Morgan fingerprint density at radius 2 is 1.79 bits per heavy atom. The summed E-state index contributed by atoms with van der Waals surface area (Å²) in [4.78, 5) is 12.5. The van der Waals surface area contributed by atoms with Gasteiger partial charge in [0, 0.05) is 32.0 Å². The second-order valence-corrected chi connectivity index (χ2v) is 10.2. The predicted octanol–water partition coefficient (Wildman–Crippen LogP) is 1.64. The molecule has 1 heterocycles. The van der Waals surface area contributed by atoms with Gasteiger partial charge in [0.25, 0.3) is 5.69 Å². The van der Waals surface area contributed by atoms with Gasteiger partial charge in [-0.05, 0) is 37.8 Å². The summed E-state index contributed by atoms with van der Waals surface area (Å²) in [5.41, 5.74) is 0.253. The summed E-state index contributed by atoms with van der Waals surface area (Å²) in [6.07, 6.45) is 7.39. The second-order valence-electron chi connectivity index (χ2n) is 8.24. The van der Waals surface area contributed by atoms with Crippen molar-refractivity contribution in [3.63, 3.8) is 0 Å². The molecule has 9 heteroatoms. The van der Waals surface area contributed by atoms with Gasteiger partial charge in [-0.1, -0.05) is 6.42 Å². The van der Waals surface area contributed by atoms with Gasteiger partial charge in [-0.15, -0.1) is 0 Å². The third-order valence-corrected chi connectivity index (χ3v) is 8.25. The van der Waals surface area contributed by atoms with Crippen molar-refractivity contribution in [2.24, 2.45) is 0 Å². The maximum absolute atomic E-state index is 12.7. The molecule has 0 amide bonds. The van der Waals surface area contributed by atoms with E-state index < -0.39 is 14.9 Å².